The average molecular weight is 301 g/mol. The van der Waals surface area contributed by atoms with Crippen LogP contribution in [-0.2, 0) is 0 Å². The topological polar surface area (TPSA) is 59.4 Å². The second-order valence-electron chi connectivity index (χ2n) is 3.94. The van der Waals surface area contributed by atoms with Crippen molar-refractivity contribution in [3.63, 3.8) is 0 Å². The van der Waals surface area contributed by atoms with Crippen molar-refractivity contribution in [2.75, 3.05) is 0 Å². The summed E-state index contributed by atoms with van der Waals surface area (Å²) in [6.07, 6.45) is -4.86. The van der Waals surface area contributed by atoms with Crippen LogP contribution in [0.25, 0.3) is 11.3 Å². The zero-order chi connectivity index (χ0) is 15.6. The number of carboxylic acids is 1. The van der Waals surface area contributed by atoms with Gasteiger partial charge < -0.3 is 9.84 Å². The van der Waals surface area contributed by atoms with Crippen molar-refractivity contribution in [2.24, 2.45) is 0 Å². The molecular weight excluding hydrogens is 294 g/mol. The van der Waals surface area contributed by atoms with Crippen molar-refractivity contribution in [2.45, 2.75) is 6.36 Å². The van der Waals surface area contributed by atoms with Crippen molar-refractivity contribution in [1.29, 1.82) is 0 Å². The number of ether oxygens (including phenoxy) is 1. The first-order valence-electron chi connectivity index (χ1n) is 5.52. The van der Waals surface area contributed by atoms with Gasteiger partial charge in [-0.1, -0.05) is 12.1 Å². The smallest absolute Gasteiger partial charge is 0.478 e. The van der Waals surface area contributed by atoms with Gasteiger partial charge in [0.25, 0.3) is 0 Å². The Kier molecular flexibility index (Phi) is 3.79. The second-order valence-corrected chi connectivity index (χ2v) is 3.94. The molecule has 0 fully saturated rings. The van der Waals surface area contributed by atoms with Crippen molar-refractivity contribution in [3.05, 3.63) is 47.9 Å². The van der Waals surface area contributed by atoms with Crippen molar-refractivity contribution in [3.8, 4) is 17.0 Å². The number of benzene rings is 1. The Bertz CT molecular complexity index is 685. The predicted molar refractivity (Wildman–Crippen MR) is 63.3 cm³/mol. The summed E-state index contributed by atoms with van der Waals surface area (Å²) in [6.45, 7) is 0. The molecule has 0 saturated carbocycles. The SMILES string of the molecule is O=C(O)c1cc(F)nc(-c2cccc(OC(F)(F)F)c2)c1. The number of rotatable bonds is 3. The molecule has 0 aliphatic carbocycles. The highest BCUT2D eigenvalue weighted by atomic mass is 19.4. The van der Waals surface area contributed by atoms with Crippen molar-refractivity contribution < 1.29 is 32.2 Å². The minimum atomic E-state index is -4.86. The van der Waals surface area contributed by atoms with Crippen LogP contribution in [0.4, 0.5) is 17.6 Å². The zero-order valence-corrected chi connectivity index (χ0v) is 10.2. The van der Waals surface area contributed by atoms with Crippen LogP contribution in [0.5, 0.6) is 5.75 Å². The van der Waals surface area contributed by atoms with Gasteiger partial charge in [0.05, 0.1) is 11.3 Å². The van der Waals surface area contributed by atoms with Gasteiger partial charge in [-0.2, -0.15) is 4.39 Å². The Hall–Kier alpha value is -2.64. The zero-order valence-electron chi connectivity index (χ0n) is 10.2. The fourth-order valence-electron chi connectivity index (χ4n) is 1.62. The Morgan fingerprint density at radius 3 is 2.52 bits per heavy atom. The maximum atomic E-state index is 13.3. The minimum Gasteiger partial charge on any atom is -0.478 e. The van der Waals surface area contributed by atoms with Crippen LogP contribution in [0, 0.1) is 5.95 Å². The number of carboxylic acid groups (broad SMARTS) is 1. The summed E-state index contributed by atoms with van der Waals surface area (Å²) in [6, 6.07) is 6.43. The molecule has 0 aliphatic rings. The summed E-state index contributed by atoms with van der Waals surface area (Å²) in [5, 5.41) is 8.82. The lowest BCUT2D eigenvalue weighted by Crippen LogP contribution is -2.17. The number of halogens is 4. The molecule has 1 N–H and O–H groups in total. The van der Waals surface area contributed by atoms with E-state index in [-0.39, 0.29) is 16.8 Å². The van der Waals surface area contributed by atoms with E-state index < -0.39 is 24.0 Å². The standard InChI is InChI=1S/C13H7F4NO3/c14-11-6-8(12(19)20)5-10(18-11)7-2-1-3-9(4-7)21-13(15,16)17/h1-6H,(H,19,20). The van der Waals surface area contributed by atoms with Gasteiger partial charge >= 0.3 is 12.3 Å². The molecule has 0 atom stereocenters. The number of pyridine rings is 1. The monoisotopic (exact) mass is 301 g/mol. The maximum absolute atomic E-state index is 13.3. The van der Waals surface area contributed by atoms with Crippen LogP contribution in [0.2, 0.25) is 0 Å². The quantitative estimate of drug-likeness (QED) is 0.696. The van der Waals surface area contributed by atoms with Crippen LogP contribution in [0.1, 0.15) is 10.4 Å². The summed E-state index contributed by atoms with van der Waals surface area (Å²) in [5.41, 5.74) is -0.376. The molecular formula is C13H7F4NO3. The molecule has 1 aromatic carbocycles. The highest BCUT2D eigenvalue weighted by Crippen LogP contribution is 2.27. The highest BCUT2D eigenvalue weighted by Gasteiger charge is 2.31. The lowest BCUT2D eigenvalue weighted by molar-refractivity contribution is -0.274. The predicted octanol–water partition coefficient (Wildman–Crippen LogP) is 3.48. The first kappa shape index (κ1) is 14.8. The lowest BCUT2D eigenvalue weighted by atomic mass is 10.1. The summed E-state index contributed by atoms with van der Waals surface area (Å²) < 4.78 is 53.4. The van der Waals surface area contributed by atoms with Crippen LogP contribution in [0.15, 0.2) is 36.4 Å². The van der Waals surface area contributed by atoms with E-state index in [9.17, 15) is 22.4 Å². The molecule has 0 saturated heterocycles. The van der Waals surface area contributed by atoms with Gasteiger partial charge in [0.2, 0.25) is 5.95 Å². The Labute approximate surface area is 115 Å². The summed E-state index contributed by atoms with van der Waals surface area (Å²) in [7, 11) is 0. The van der Waals surface area contributed by atoms with E-state index in [2.05, 4.69) is 9.72 Å². The number of carbonyl (C=O) groups is 1. The third-order valence-electron chi connectivity index (χ3n) is 2.40. The van der Waals surface area contributed by atoms with Gasteiger partial charge in [0, 0.05) is 11.6 Å². The first-order valence-corrected chi connectivity index (χ1v) is 5.52. The maximum Gasteiger partial charge on any atom is 0.573 e. The molecule has 0 spiro atoms. The van der Waals surface area contributed by atoms with Gasteiger partial charge in [-0.3, -0.25) is 0 Å². The number of hydrogen-bond donors (Lipinski definition) is 1. The Morgan fingerprint density at radius 2 is 1.90 bits per heavy atom. The number of hydrogen-bond acceptors (Lipinski definition) is 3. The van der Waals surface area contributed by atoms with E-state index in [1.54, 1.807) is 0 Å². The van der Waals surface area contributed by atoms with Crippen LogP contribution >= 0.6 is 0 Å². The average Bonchev–Trinajstić information content (AvgIpc) is 2.36. The number of alkyl halides is 3. The van der Waals surface area contributed by atoms with Gasteiger partial charge in [-0.25, -0.2) is 9.78 Å². The van der Waals surface area contributed by atoms with Gasteiger partial charge in [0.15, 0.2) is 0 Å². The number of aromatic carboxylic acids is 1. The van der Waals surface area contributed by atoms with Crippen LogP contribution in [0.3, 0.4) is 0 Å². The molecule has 2 aromatic rings. The van der Waals surface area contributed by atoms with Crippen molar-refractivity contribution in [1.82, 2.24) is 4.98 Å². The lowest BCUT2D eigenvalue weighted by Gasteiger charge is -2.10. The molecule has 1 heterocycles. The molecule has 0 radical (unpaired) electrons. The van der Waals surface area contributed by atoms with Gasteiger partial charge in [0.1, 0.15) is 5.75 Å². The molecule has 1 aromatic heterocycles. The fourth-order valence-corrected chi connectivity index (χ4v) is 1.62. The molecule has 2 rings (SSSR count). The molecule has 0 unspecified atom stereocenters. The third-order valence-corrected chi connectivity index (χ3v) is 2.40. The summed E-state index contributed by atoms with van der Waals surface area (Å²) in [4.78, 5) is 14.3. The molecule has 0 aliphatic heterocycles. The first-order chi connectivity index (χ1) is 9.74. The highest BCUT2D eigenvalue weighted by molar-refractivity contribution is 5.88. The Morgan fingerprint density at radius 1 is 1.19 bits per heavy atom. The summed E-state index contributed by atoms with van der Waals surface area (Å²) in [5.74, 6) is -2.93. The fraction of sp³-hybridized carbons (Fsp3) is 0.0769. The number of nitrogens with zero attached hydrogens (tertiary/aromatic N) is 1. The van der Waals surface area contributed by atoms with E-state index in [0.717, 1.165) is 18.2 Å². The molecule has 0 amide bonds. The van der Waals surface area contributed by atoms with E-state index in [1.807, 2.05) is 0 Å². The summed E-state index contributed by atoms with van der Waals surface area (Å²) >= 11 is 0. The second kappa shape index (κ2) is 5.39. The van der Waals surface area contributed by atoms with Crippen molar-refractivity contribution >= 4 is 5.97 Å². The van der Waals surface area contributed by atoms with E-state index in [1.165, 1.54) is 12.1 Å². The van der Waals surface area contributed by atoms with Gasteiger partial charge in [-0.15, -0.1) is 13.2 Å². The minimum absolute atomic E-state index is 0.0961. The van der Waals surface area contributed by atoms with E-state index in [0.29, 0.717) is 6.07 Å². The molecule has 0 bridgehead atoms. The normalized spacial score (nSPS) is 11.2. The Balaban J connectivity index is 2.42. The molecule has 21 heavy (non-hydrogen) atoms. The number of aromatic nitrogens is 1. The van der Waals surface area contributed by atoms with Crippen LogP contribution in [-0.4, -0.2) is 22.4 Å². The van der Waals surface area contributed by atoms with E-state index in [4.69, 9.17) is 5.11 Å². The molecule has 8 heteroatoms. The molecule has 4 nitrogen and oxygen atoms in total. The third kappa shape index (κ3) is 3.91. The van der Waals surface area contributed by atoms with Crippen LogP contribution < -0.4 is 4.74 Å². The van der Waals surface area contributed by atoms with E-state index >= 15 is 0 Å². The molecule has 110 valence electrons. The largest absolute Gasteiger partial charge is 0.573 e. The van der Waals surface area contributed by atoms with Gasteiger partial charge in [-0.05, 0) is 18.2 Å².